The number of hydrogen-bond donors (Lipinski definition) is 10. The first kappa shape index (κ1) is 70.3. The van der Waals surface area contributed by atoms with Crippen LogP contribution in [0, 0.1) is 6.92 Å². The maximum atomic E-state index is 13.3. The van der Waals surface area contributed by atoms with E-state index in [-0.39, 0.29) is 49.7 Å². The number of rotatable bonds is 16. The monoisotopic (exact) mass is 1360 g/mol. The summed E-state index contributed by atoms with van der Waals surface area (Å²) in [6.07, 6.45) is -36.6. The predicted molar refractivity (Wildman–Crippen MR) is 298 cm³/mol. The molecule has 1 aromatic rings. The minimum absolute atomic E-state index is 0.0178. The third kappa shape index (κ3) is 12.7. The summed E-state index contributed by atoms with van der Waals surface area (Å²) in [6.45, 7) is 12.2. The fourth-order valence-electron chi connectivity index (χ4n) is 13.9. The number of phenols is 2. The number of aliphatic hydroxyl groups excluding tert-OH is 7. The van der Waals surface area contributed by atoms with E-state index >= 15 is 0 Å². The summed E-state index contributed by atoms with van der Waals surface area (Å²) in [6, 6.07) is 0. The highest BCUT2D eigenvalue weighted by atomic mass is 35.5. The number of halogens is 2. The van der Waals surface area contributed by atoms with Crippen LogP contribution < -0.4 is 0 Å². The molecule has 10 aliphatic rings. The van der Waals surface area contributed by atoms with Crippen molar-refractivity contribution in [1.82, 2.24) is 0 Å². The van der Waals surface area contributed by atoms with E-state index in [1.54, 1.807) is 20.8 Å². The number of phenolic OH excluding ortho intramolecular Hbond substituents is 2. The highest BCUT2D eigenvalue weighted by Gasteiger charge is 2.73. The molecule has 0 aromatic heterocycles. The first-order chi connectivity index (χ1) is 43.4. The van der Waals surface area contributed by atoms with Gasteiger partial charge in [0.2, 0.25) is 6.29 Å². The van der Waals surface area contributed by atoms with Crippen LogP contribution >= 0.6 is 23.2 Å². The number of carbonyl (C=O) groups is 3. The van der Waals surface area contributed by atoms with Gasteiger partial charge in [0.05, 0.1) is 67.4 Å². The first-order valence-electron chi connectivity index (χ1n) is 30.8. The van der Waals surface area contributed by atoms with Crippen molar-refractivity contribution in [2.45, 2.75) is 290 Å². The van der Waals surface area contributed by atoms with Crippen molar-refractivity contribution in [3.8, 4) is 11.5 Å². The molecule has 32 nitrogen and oxygen atoms in total. The van der Waals surface area contributed by atoms with E-state index in [1.165, 1.54) is 34.6 Å². The number of unbranched alkanes of at least 4 members (excludes halogenated alkanes) is 1. The lowest BCUT2D eigenvalue weighted by Crippen LogP contribution is -2.72. The Labute approximate surface area is 537 Å². The Morgan fingerprint density at radius 1 is 0.641 bits per heavy atom. The summed E-state index contributed by atoms with van der Waals surface area (Å²) in [4.78, 5) is 39.4. The molecule has 34 heteroatoms. The summed E-state index contributed by atoms with van der Waals surface area (Å²) in [5.41, 5.74) is -3.86. The molecular weight excluding hydrogens is 1280 g/mol. The standard InChI is InChI=1S/C58H82Cl2O32/c1-10-11-12-30(65)81-47-45-29(89-58(90-45)50-49(75-18-76-50)57(73,24(7)62)25(8)88-58)17-74-54(47)86-52-40(70)39(69)44(28(16-61)80-52)85-53-41(71)46(36(66)20(3)79-53)83-32-15-55(9)48(23(6)78-32)91-56(92-55)14-27(64)43(22(5)87-56)82-31-13-26(63)42(21(4)77-31)84-51(72)33-19(2)34(59)38(68)35(60)37(33)67/h20-23,25-29,31-32,36,39-50,52-54,61,63-64,66-71,73H,10-18H2,1-9H3/t20-,21-,22-,23-,25-,26-,27-,28-,29+,31+,32+,36+,39-,40+,41-,42-,43-,44-,45-,46+,47-,48-,49-,50-,52+,53+,54-,55-,56?,57+,58-/m1/s1. The van der Waals surface area contributed by atoms with E-state index in [2.05, 4.69) is 0 Å². The van der Waals surface area contributed by atoms with Crippen molar-refractivity contribution in [3.63, 3.8) is 0 Å². The van der Waals surface area contributed by atoms with E-state index in [0.717, 1.165) is 0 Å². The van der Waals surface area contributed by atoms with Gasteiger partial charge in [0.1, 0.15) is 96.2 Å². The summed E-state index contributed by atoms with van der Waals surface area (Å²) >= 11 is 12.1. The highest BCUT2D eigenvalue weighted by molar-refractivity contribution is 6.39. The Morgan fingerprint density at radius 3 is 2.02 bits per heavy atom. The van der Waals surface area contributed by atoms with Crippen molar-refractivity contribution >= 4 is 40.9 Å². The maximum absolute atomic E-state index is 13.3. The average Bonchev–Trinajstić information content (AvgIpc) is 1.55. The molecule has 31 atom stereocenters. The number of esters is 2. The number of Topliss-reactive ketones (excluding diaryl/α,β-unsaturated/α-hetero) is 1. The molecule has 0 aliphatic carbocycles. The number of aliphatic hydroxyl groups is 8. The van der Waals surface area contributed by atoms with Crippen LogP contribution in [0.4, 0.5) is 0 Å². The molecule has 0 radical (unpaired) electrons. The summed E-state index contributed by atoms with van der Waals surface area (Å²) in [5.74, 6) is -7.82. The van der Waals surface area contributed by atoms with E-state index < -0.39 is 235 Å². The number of fused-ring (bicyclic) bond motifs is 4. The zero-order valence-corrected chi connectivity index (χ0v) is 53.2. The van der Waals surface area contributed by atoms with E-state index in [1.807, 2.05) is 6.92 Å². The van der Waals surface area contributed by atoms with Crippen LogP contribution in [0.1, 0.15) is 110 Å². The van der Waals surface area contributed by atoms with Gasteiger partial charge in [-0.1, -0.05) is 36.5 Å². The fourth-order valence-corrected chi connectivity index (χ4v) is 14.4. The van der Waals surface area contributed by atoms with Crippen molar-refractivity contribution in [2.24, 2.45) is 0 Å². The van der Waals surface area contributed by atoms with Gasteiger partial charge in [-0.3, -0.25) is 9.59 Å². The van der Waals surface area contributed by atoms with E-state index in [9.17, 15) is 65.4 Å². The molecule has 11 rings (SSSR count). The number of ketones is 1. The smallest absolute Gasteiger partial charge is 0.342 e. The molecule has 2 spiro atoms. The Bertz CT molecular complexity index is 2790. The molecule has 0 amide bonds. The van der Waals surface area contributed by atoms with Gasteiger partial charge in [0, 0.05) is 19.3 Å². The van der Waals surface area contributed by atoms with Gasteiger partial charge in [-0.05, 0) is 67.4 Å². The van der Waals surface area contributed by atoms with Gasteiger partial charge in [0.25, 0.3) is 5.97 Å². The van der Waals surface area contributed by atoms with Crippen LogP contribution in [0.2, 0.25) is 10.0 Å². The van der Waals surface area contributed by atoms with Gasteiger partial charge in [-0.25, -0.2) is 4.79 Å². The van der Waals surface area contributed by atoms with Crippen LogP contribution in [0.15, 0.2) is 0 Å². The van der Waals surface area contributed by atoms with Gasteiger partial charge in [-0.15, -0.1) is 0 Å². The van der Waals surface area contributed by atoms with Crippen LogP contribution in [-0.2, 0) is 99.6 Å². The molecule has 0 bridgehead atoms. The van der Waals surface area contributed by atoms with Crippen LogP contribution in [0.3, 0.4) is 0 Å². The zero-order chi connectivity index (χ0) is 66.6. The molecule has 92 heavy (non-hydrogen) atoms. The minimum atomic E-state index is -2.15. The topological polar surface area (TPSA) is 429 Å². The third-order valence-corrected chi connectivity index (χ3v) is 19.7. The lowest BCUT2D eigenvalue weighted by molar-refractivity contribution is -0.428. The molecule has 10 N–H and O–H groups in total. The maximum Gasteiger partial charge on any atom is 0.342 e. The summed E-state index contributed by atoms with van der Waals surface area (Å²) < 4.78 is 116. The second-order valence-corrected chi connectivity index (χ2v) is 26.1. The lowest BCUT2D eigenvalue weighted by Gasteiger charge is -2.49. The van der Waals surface area contributed by atoms with Gasteiger partial charge < -0.3 is 141 Å². The van der Waals surface area contributed by atoms with E-state index in [0.29, 0.717) is 12.8 Å². The Balaban J connectivity index is 0.702. The van der Waals surface area contributed by atoms with Crippen molar-refractivity contribution in [3.05, 3.63) is 21.2 Å². The molecule has 520 valence electrons. The Morgan fingerprint density at radius 2 is 1.34 bits per heavy atom. The molecule has 0 saturated carbocycles. The quantitative estimate of drug-likeness (QED) is 0.0917. The lowest BCUT2D eigenvalue weighted by atomic mass is 9.81. The predicted octanol–water partition coefficient (Wildman–Crippen LogP) is -0.679. The number of aromatic hydroxyl groups is 2. The first-order valence-corrected chi connectivity index (χ1v) is 31.5. The van der Waals surface area contributed by atoms with Gasteiger partial charge >= 0.3 is 17.9 Å². The average molecular weight is 1360 g/mol. The molecule has 10 aliphatic heterocycles. The Hall–Kier alpha value is -2.99. The van der Waals surface area contributed by atoms with Crippen LogP contribution in [0.25, 0.3) is 0 Å². The molecule has 10 heterocycles. The van der Waals surface area contributed by atoms with Crippen molar-refractivity contribution in [2.75, 3.05) is 20.0 Å². The largest absolute Gasteiger partial charge is 0.505 e. The zero-order valence-electron chi connectivity index (χ0n) is 51.7. The molecular formula is C58H82Cl2O32. The van der Waals surface area contributed by atoms with Gasteiger partial charge in [-0.2, -0.15) is 0 Å². The Kier molecular flexibility index (Phi) is 20.7. The number of hydrogen-bond acceptors (Lipinski definition) is 32. The molecule has 10 saturated heterocycles. The van der Waals surface area contributed by atoms with Crippen LogP contribution in [0.5, 0.6) is 11.5 Å². The van der Waals surface area contributed by atoms with Crippen LogP contribution in [-0.4, -0.2) is 278 Å². The molecule has 1 aromatic carbocycles. The molecule has 1 unspecified atom stereocenters. The summed E-state index contributed by atoms with van der Waals surface area (Å²) in [5, 5.41) is 112. The van der Waals surface area contributed by atoms with Gasteiger partial charge in [0.15, 0.2) is 66.4 Å². The SMILES string of the molecule is CCCCC(=O)O[C@H]1[C@@H](O[C@@H]2O[C@H](CO)[C@@H](O[C@@H]3O[C@H](C)[C@H](O)[C@H](O[C@H]4C[C@@]5(C)OC6(C[C@@H](O)[C@H](O[C@H]7C[C@@H](O)[C@H](OC(=O)c8c(C)c(Cl)c(O)c(Cl)c8O)[C@@H](C)O7)[C@@H](C)O6)O[C@@H]5[C@@H](C)O4)[C@H]3O)[C@H](O)[C@@H]2O)OC[C@@H]2O[C@]3(O[C@@H]12)O[C@H](C)[C@@](O)(C(C)=O)[C@@H]1OCO[C@H]13. The molecule has 10 fully saturated rings. The number of benzene rings is 1. The normalized spacial score (nSPS) is 48.4. The van der Waals surface area contributed by atoms with Crippen molar-refractivity contribution in [1.29, 1.82) is 0 Å². The number of carbonyl (C=O) groups excluding carboxylic acids is 3. The van der Waals surface area contributed by atoms with E-state index in [4.69, 9.17) is 113 Å². The summed E-state index contributed by atoms with van der Waals surface area (Å²) in [7, 11) is 0. The fraction of sp³-hybridized carbons (Fsp3) is 0.845. The highest BCUT2D eigenvalue weighted by Crippen LogP contribution is 2.53. The minimum Gasteiger partial charge on any atom is -0.505 e. The second-order valence-electron chi connectivity index (χ2n) is 25.3. The number of ether oxygens (including phenoxy) is 19. The second kappa shape index (κ2) is 27.0. The van der Waals surface area contributed by atoms with Crippen molar-refractivity contribution < 1.29 is 155 Å². The third-order valence-electron chi connectivity index (χ3n) is 18.8.